The topological polar surface area (TPSA) is 88.5 Å². The van der Waals surface area contributed by atoms with Gasteiger partial charge >= 0.3 is 12.1 Å². The van der Waals surface area contributed by atoms with E-state index in [1.165, 1.54) is 6.08 Å². The standard InChI is InChI=1S/C10H9FN2O4/c1-2-5-17-10(16)13-8-7(11)6(9(14)15)3-4-12-8/h2-4H,1,5H2,(H,14,15)(H,12,13,16). The summed E-state index contributed by atoms with van der Waals surface area (Å²) in [4.78, 5) is 25.2. The van der Waals surface area contributed by atoms with Crippen molar-refractivity contribution in [2.24, 2.45) is 0 Å². The summed E-state index contributed by atoms with van der Waals surface area (Å²) in [5, 5.41) is 10.6. The number of halogens is 1. The summed E-state index contributed by atoms with van der Waals surface area (Å²) < 4.78 is 18.0. The quantitative estimate of drug-likeness (QED) is 0.781. The van der Waals surface area contributed by atoms with E-state index in [-0.39, 0.29) is 6.61 Å². The molecule has 1 amide bonds. The second kappa shape index (κ2) is 5.59. The van der Waals surface area contributed by atoms with Crippen LogP contribution in [-0.2, 0) is 4.74 Å². The van der Waals surface area contributed by atoms with Crippen molar-refractivity contribution in [3.63, 3.8) is 0 Å². The third-order valence-electron chi connectivity index (χ3n) is 1.67. The first-order valence-corrected chi connectivity index (χ1v) is 4.48. The Morgan fingerprint density at radius 1 is 1.65 bits per heavy atom. The van der Waals surface area contributed by atoms with E-state index < -0.39 is 29.3 Å². The summed E-state index contributed by atoms with van der Waals surface area (Å²) in [7, 11) is 0. The number of rotatable bonds is 4. The first-order valence-electron chi connectivity index (χ1n) is 4.48. The highest BCUT2D eigenvalue weighted by atomic mass is 19.1. The third kappa shape index (κ3) is 3.26. The molecule has 0 spiro atoms. The van der Waals surface area contributed by atoms with E-state index in [4.69, 9.17) is 5.11 Å². The number of anilines is 1. The molecule has 0 atom stereocenters. The number of nitrogens with zero attached hydrogens (tertiary/aromatic N) is 1. The van der Waals surface area contributed by atoms with Crippen LogP contribution in [0.15, 0.2) is 24.9 Å². The van der Waals surface area contributed by atoms with Gasteiger partial charge in [-0.1, -0.05) is 12.7 Å². The molecule has 0 bridgehead atoms. The lowest BCUT2D eigenvalue weighted by Gasteiger charge is -2.06. The average Bonchev–Trinajstić information content (AvgIpc) is 2.28. The molecule has 0 fully saturated rings. The first-order chi connectivity index (χ1) is 8.06. The molecule has 90 valence electrons. The van der Waals surface area contributed by atoms with Gasteiger partial charge in [-0.3, -0.25) is 5.32 Å². The predicted octanol–water partition coefficient (Wildman–Crippen LogP) is 1.65. The highest BCUT2D eigenvalue weighted by Gasteiger charge is 2.16. The van der Waals surface area contributed by atoms with E-state index in [1.54, 1.807) is 0 Å². The van der Waals surface area contributed by atoms with Gasteiger partial charge in [-0.25, -0.2) is 19.0 Å². The van der Waals surface area contributed by atoms with Gasteiger partial charge in [0.05, 0.1) is 0 Å². The van der Waals surface area contributed by atoms with Crippen molar-refractivity contribution in [2.45, 2.75) is 0 Å². The monoisotopic (exact) mass is 240 g/mol. The summed E-state index contributed by atoms with van der Waals surface area (Å²) in [5.74, 6) is -3.08. The third-order valence-corrected chi connectivity index (χ3v) is 1.67. The molecule has 1 rings (SSSR count). The van der Waals surface area contributed by atoms with Crippen molar-refractivity contribution in [3.8, 4) is 0 Å². The van der Waals surface area contributed by atoms with Crippen molar-refractivity contribution in [1.29, 1.82) is 0 Å². The molecule has 17 heavy (non-hydrogen) atoms. The average molecular weight is 240 g/mol. The molecule has 6 nitrogen and oxygen atoms in total. The van der Waals surface area contributed by atoms with E-state index in [9.17, 15) is 14.0 Å². The molecule has 2 N–H and O–H groups in total. The predicted molar refractivity (Wildman–Crippen MR) is 56.3 cm³/mol. The number of aromatic carboxylic acids is 1. The van der Waals surface area contributed by atoms with Crippen LogP contribution in [0.5, 0.6) is 0 Å². The summed E-state index contributed by atoms with van der Waals surface area (Å²) in [6, 6.07) is 0.984. The molecule has 0 saturated carbocycles. The number of carbonyl (C=O) groups excluding carboxylic acids is 1. The zero-order chi connectivity index (χ0) is 12.8. The number of hydrogen-bond acceptors (Lipinski definition) is 4. The van der Waals surface area contributed by atoms with Gasteiger partial charge in [0.25, 0.3) is 0 Å². The van der Waals surface area contributed by atoms with Crippen LogP contribution in [-0.4, -0.2) is 28.8 Å². The molecular weight excluding hydrogens is 231 g/mol. The fraction of sp³-hybridized carbons (Fsp3) is 0.100. The molecule has 0 aliphatic rings. The Bertz CT molecular complexity index is 462. The van der Waals surface area contributed by atoms with E-state index >= 15 is 0 Å². The van der Waals surface area contributed by atoms with Crippen molar-refractivity contribution < 1.29 is 23.8 Å². The minimum absolute atomic E-state index is 0.0495. The normalized spacial score (nSPS) is 9.47. The summed E-state index contributed by atoms with van der Waals surface area (Å²) >= 11 is 0. The van der Waals surface area contributed by atoms with Crippen LogP contribution in [0.1, 0.15) is 10.4 Å². The Labute approximate surface area is 95.7 Å². The van der Waals surface area contributed by atoms with Gasteiger partial charge in [0.15, 0.2) is 11.6 Å². The second-order valence-corrected chi connectivity index (χ2v) is 2.84. The molecule has 0 aliphatic heterocycles. The molecule has 1 heterocycles. The van der Waals surface area contributed by atoms with Crippen LogP contribution >= 0.6 is 0 Å². The van der Waals surface area contributed by atoms with Gasteiger partial charge < -0.3 is 9.84 Å². The van der Waals surface area contributed by atoms with E-state index in [1.807, 2.05) is 5.32 Å². The number of amides is 1. The molecular formula is C10H9FN2O4. The van der Waals surface area contributed by atoms with Crippen molar-refractivity contribution >= 4 is 17.9 Å². The fourth-order valence-corrected chi connectivity index (χ4v) is 0.963. The number of nitrogens with one attached hydrogen (secondary N) is 1. The molecule has 1 aromatic heterocycles. The maximum Gasteiger partial charge on any atom is 0.413 e. The van der Waals surface area contributed by atoms with Gasteiger partial charge in [0.1, 0.15) is 12.2 Å². The molecule has 0 saturated heterocycles. The highest BCUT2D eigenvalue weighted by molar-refractivity contribution is 5.90. The lowest BCUT2D eigenvalue weighted by Crippen LogP contribution is -2.17. The second-order valence-electron chi connectivity index (χ2n) is 2.84. The molecule has 0 radical (unpaired) electrons. The van der Waals surface area contributed by atoms with Crippen LogP contribution < -0.4 is 5.32 Å². The number of carboxylic acid groups (broad SMARTS) is 1. The van der Waals surface area contributed by atoms with Crippen LogP contribution in [0.3, 0.4) is 0 Å². The molecule has 1 aromatic rings. The zero-order valence-electron chi connectivity index (χ0n) is 8.64. The SMILES string of the molecule is C=CCOC(=O)Nc1nccc(C(=O)O)c1F. The largest absolute Gasteiger partial charge is 0.478 e. The smallest absolute Gasteiger partial charge is 0.413 e. The van der Waals surface area contributed by atoms with Crippen LogP contribution in [0.2, 0.25) is 0 Å². The number of carboxylic acids is 1. The fourth-order valence-electron chi connectivity index (χ4n) is 0.963. The van der Waals surface area contributed by atoms with Gasteiger partial charge in [0, 0.05) is 6.20 Å². The van der Waals surface area contributed by atoms with Gasteiger partial charge in [-0.15, -0.1) is 0 Å². The van der Waals surface area contributed by atoms with Crippen molar-refractivity contribution in [2.75, 3.05) is 11.9 Å². The highest BCUT2D eigenvalue weighted by Crippen LogP contribution is 2.15. The van der Waals surface area contributed by atoms with E-state index in [0.717, 1.165) is 12.3 Å². The van der Waals surface area contributed by atoms with Crippen LogP contribution in [0.25, 0.3) is 0 Å². The number of pyridine rings is 1. The first kappa shape index (κ1) is 12.6. The molecule has 0 aromatic carbocycles. The number of ether oxygens (including phenoxy) is 1. The maximum absolute atomic E-state index is 13.5. The Kier molecular flexibility index (Phi) is 4.15. The maximum atomic E-state index is 13.5. The number of carbonyl (C=O) groups is 2. The van der Waals surface area contributed by atoms with Crippen LogP contribution in [0.4, 0.5) is 15.0 Å². The number of aromatic nitrogens is 1. The minimum atomic E-state index is -1.45. The van der Waals surface area contributed by atoms with E-state index in [2.05, 4.69) is 16.3 Å². The molecule has 0 unspecified atom stereocenters. The zero-order valence-corrected chi connectivity index (χ0v) is 8.64. The summed E-state index contributed by atoms with van der Waals surface area (Å²) in [6.07, 6.45) is 1.45. The number of hydrogen-bond donors (Lipinski definition) is 2. The lowest BCUT2D eigenvalue weighted by atomic mass is 10.2. The lowest BCUT2D eigenvalue weighted by molar-refractivity contribution is 0.0691. The Morgan fingerprint density at radius 3 is 2.94 bits per heavy atom. The Balaban J connectivity index is 2.85. The molecule has 7 heteroatoms. The van der Waals surface area contributed by atoms with E-state index in [0.29, 0.717) is 0 Å². The molecule has 0 aliphatic carbocycles. The Morgan fingerprint density at radius 2 is 2.35 bits per heavy atom. The van der Waals surface area contributed by atoms with Crippen molar-refractivity contribution in [1.82, 2.24) is 4.98 Å². The van der Waals surface area contributed by atoms with Gasteiger partial charge in [0.2, 0.25) is 0 Å². The Hall–Kier alpha value is -2.44. The minimum Gasteiger partial charge on any atom is -0.478 e. The summed E-state index contributed by atoms with van der Waals surface area (Å²) in [5.41, 5.74) is -0.584. The van der Waals surface area contributed by atoms with Gasteiger partial charge in [-0.2, -0.15) is 0 Å². The van der Waals surface area contributed by atoms with Crippen molar-refractivity contribution in [3.05, 3.63) is 36.3 Å². The summed E-state index contributed by atoms with van der Waals surface area (Å²) in [6.45, 7) is 3.27. The van der Waals surface area contributed by atoms with Gasteiger partial charge in [-0.05, 0) is 6.07 Å². The van der Waals surface area contributed by atoms with Crippen LogP contribution in [0, 0.1) is 5.82 Å².